The van der Waals surface area contributed by atoms with Gasteiger partial charge in [0, 0.05) is 10.6 Å². The summed E-state index contributed by atoms with van der Waals surface area (Å²) in [6, 6.07) is 7.01. The number of hydrazine groups is 1. The van der Waals surface area contributed by atoms with Crippen molar-refractivity contribution >= 4 is 17.5 Å². The molecule has 19 heavy (non-hydrogen) atoms. The highest BCUT2D eigenvalue weighted by atomic mass is 35.5. The molecule has 1 amide bonds. The molecule has 2 aromatic rings. The monoisotopic (exact) mass is 280 g/mol. The molecule has 0 aliphatic rings. The Bertz CT molecular complexity index is 595. The molecule has 3 N–H and O–H groups in total. The minimum Gasteiger partial charge on any atom is -0.489 e. The van der Waals surface area contributed by atoms with Crippen molar-refractivity contribution in [2.24, 2.45) is 5.84 Å². The number of nitrogen functional groups attached to an aromatic ring is 1. The predicted molar refractivity (Wildman–Crippen MR) is 70.9 cm³/mol. The van der Waals surface area contributed by atoms with E-state index in [0.29, 0.717) is 16.3 Å². The average Bonchev–Trinajstić information content (AvgIpc) is 2.87. The number of carbonyl (C=O) groups is 1. The number of hydrogen-bond acceptors (Lipinski definition) is 4. The molecule has 1 heterocycles. The molecule has 0 spiro atoms. The first-order valence-corrected chi connectivity index (χ1v) is 5.96. The Morgan fingerprint density at radius 3 is 2.95 bits per heavy atom. The van der Waals surface area contributed by atoms with Crippen LogP contribution < -0.4 is 16.0 Å². The van der Waals surface area contributed by atoms with Crippen LogP contribution in [0.5, 0.6) is 5.75 Å². The molecule has 2 rings (SSSR count). The molecule has 0 bridgehead atoms. The summed E-state index contributed by atoms with van der Waals surface area (Å²) in [5, 5.41) is 0.679. The second-order valence-corrected chi connectivity index (χ2v) is 4.36. The number of halogens is 1. The van der Waals surface area contributed by atoms with Crippen LogP contribution >= 0.6 is 11.6 Å². The number of carbonyl (C=O) groups excluding carboxylic acids is 1. The predicted octanol–water partition coefficient (Wildman–Crippen LogP) is 2.42. The van der Waals surface area contributed by atoms with Gasteiger partial charge in [-0.2, -0.15) is 0 Å². The van der Waals surface area contributed by atoms with Gasteiger partial charge < -0.3 is 9.15 Å². The minimum atomic E-state index is -0.490. The Balaban J connectivity index is 2.08. The first-order chi connectivity index (χ1) is 9.11. The summed E-state index contributed by atoms with van der Waals surface area (Å²) in [6.07, 6.45) is 1.41. The molecular weight excluding hydrogens is 268 g/mol. The van der Waals surface area contributed by atoms with E-state index >= 15 is 0 Å². The summed E-state index contributed by atoms with van der Waals surface area (Å²) < 4.78 is 10.6. The Morgan fingerprint density at radius 2 is 2.26 bits per heavy atom. The summed E-state index contributed by atoms with van der Waals surface area (Å²) in [4.78, 5) is 11.4. The van der Waals surface area contributed by atoms with Crippen LogP contribution in [0, 0.1) is 6.92 Å². The van der Waals surface area contributed by atoms with Crippen LogP contribution in [0.25, 0.3) is 0 Å². The van der Waals surface area contributed by atoms with Crippen molar-refractivity contribution in [2.45, 2.75) is 13.5 Å². The van der Waals surface area contributed by atoms with Gasteiger partial charge in [-0.25, -0.2) is 5.84 Å². The normalized spacial score (nSPS) is 10.3. The van der Waals surface area contributed by atoms with E-state index < -0.39 is 5.91 Å². The molecular formula is C13H13ClN2O3. The number of aryl methyl sites for hydroxylation is 1. The fourth-order valence-corrected chi connectivity index (χ4v) is 1.70. The third-order valence-corrected chi connectivity index (χ3v) is 3.03. The molecule has 0 fully saturated rings. The third kappa shape index (κ3) is 3.07. The molecule has 0 radical (unpaired) electrons. The molecule has 1 aromatic heterocycles. The zero-order valence-electron chi connectivity index (χ0n) is 10.3. The van der Waals surface area contributed by atoms with Crippen LogP contribution in [-0.4, -0.2) is 5.91 Å². The lowest BCUT2D eigenvalue weighted by Gasteiger charge is -2.07. The van der Waals surface area contributed by atoms with Crippen molar-refractivity contribution in [3.05, 3.63) is 52.4 Å². The van der Waals surface area contributed by atoms with Crippen LogP contribution in [0.15, 0.2) is 34.9 Å². The van der Waals surface area contributed by atoms with Gasteiger partial charge in [-0.1, -0.05) is 11.6 Å². The second-order valence-electron chi connectivity index (χ2n) is 3.95. The standard InChI is InChI=1S/C13H13ClN2O3/c1-8-6-10(2-3-11(8)14)19-7-9-4-5-18-12(9)13(17)16-15/h2-6H,7,15H2,1H3,(H,16,17). The highest BCUT2D eigenvalue weighted by molar-refractivity contribution is 6.31. The number of benzene rings is 1. The lowest BCUT2D eigenvalue weighted by Crippen LogP contribution is -2.30. The lowest BCUT2D eigenvalue weighted by molar-refractivity contribution is 0.0922. The van der Waals surface area contributed by atoms with E-state index in [9.17, 15) is 4.79 Å². The number of nitrogens with two attached hydrogens (primary N) is 1. The lowest BCUT2D eigenvalue weighted by atomic mass is 10.2. The van der Waals surface area contributed by atoms with Crippen molar-refractivity contribution < 1.29 is 13.9 Å². The summed E-state index contributed by atoms with van der Waals surface area (Å²) in [6.45, 7) is 2.10. The van der Waals surface area contributed by atoms with Gasteiger partial charge in [-0.3, -0.25) is 10.2 Å². The molecule has 0 aliphatic carbocycles. The fourth-order valence-electron chi connectivity index (χ4n) is 1.58. The van der Waals surface area contributed by atoms with Crippen molar-refractivity contribution in [3.8, 4) is 5.75 Å². The number of nitrogens with one attached hydrogen (secondary N) is 1. The first-order valence-electron chi connectivity index (χ1n) is 5.58. The zero-order valence-corrected chi connectivity index (χ0v) is 11.0. The molecule has 0 saturated heterocycles. The van der Waals surface area contributed by atoms with E-state index in [-0.39, 0.29) is 12.4 Å². The van der Waals surface area contributed by atoms with E-state index in [1.165, 1.54) is 6.26 Å². The number of ether oxygens (including phenoxy) is 1. The maximum absolute atomic E-state index is 11.4. The first kappa shape index (κ1) is 13.5. The summed E-state index contributed by atoms with van der Waals surface area (Å²) in [5.74, 6) is 5.39. The maximum Gasteiger partial charge on any atom is 0.301 e. The molecule has 1 aromatic carbocycles. The van der Waals surface area contributed by atoms with Gasteiger partial charge in [0.25, 0.3) is 0 Å². The SMILES string of the molecule is Cc1cc(OCc2ccoc2C(=O)NN)ccc1Cl. The number of furan rings is 1. The maximum atomic E-state index is 11.4. The van der Waals surface area contributed by atoms with Gasteiger partial charge in [-0.05, 0) is 36.8 Å². The van der Waals surface area contributed by atoms with E-state index in [1.54, 1.807) is 18.2 Å². The van der Waals surface area contributed by atoms with Crippen LogP contribution in [0.2, 0.25) is 5.02 Å². The second kappa shape index (κ2) is 5.77. The number of amides is 1. The van der Waals surface area contributed by atoms with Crippen LogP contribution in [0.1, 0.15) is 21.7 Å². The zero-order chi connectivity index (χ0) is 13.8. The van der Waals surface area contributed by atoms with Crippen molar-refractivity contribution in [1.82, 2.24) is 5.43 Å². The topological polar surface area (TPSA) is 77.5 Å². The van der Waals surface area contributed by atoms with E-state index in [0.717, 1.165) is 5.56 Å². The largest absolute Gasteiger partial charge is 0.489 e. The number of hydrogen-bond donors (Lipinski definition) is 2. The van der Waals surface area contributed by atoms with Crippen LogP contribution in [0.3, 0.4) is 0 Å². The van der Waals surface area contributed by atoms with E-state index in [4.69, 9.17) is 26.6 Å². The van der Waals surface area contributed by atoms with Crippen LogP contribution in [0.4, 0.5) is 0 Å². The molecule has 0 unspecified atom stereocenters. The summed E-state index contributed by atoms with van der Waals surface area (Å²) in [5.41, 5.74) is 3.56. The van der Waals surface area contributed by atoms with Gasteiger partial charge in [-0.15, -0.1) is 0 Å². The Kier molecular flexibility index (Phi) is 4.09. The van der Waals surface area contributed by atoms with E-state index in [1.807, 2.05) is 18.4 Å². The minimum absolute atomic E-state index is 0.146. The Morgan fingerprint density at radius 1 is 1.47 bits per heavy atom. The van der Waals surface area contributed by atoms with Gasteiger partial charge in [0.15, 0.2) is 5.76 Å². The molecule has 100 valence electrons. The van der Waals surface area contributed by atoms with Crippen molar-refractivity contribution in [2.75, 3.05) is 0 Å². The highest BCUT2D eigenvalue weighted by Gasteiger charge is 2.14. The average molecular weight is 281 g/mol. The van der Waals surface area contributed by atoms with Gasteiger partial charge in [0.2, 0.25) is 0 Å². The molecule has 0 atom stereocenters. The van der Waals surface area contributed by atoms with Crippen molar-refractivity contribution in [3.63, 3.8) is 0 Å². The van der Waals surface area contributed by atoms with Gasteiger partial charge >= 0.3 is 5.91 Å². The fraction of sp³-hybridized carbons (Fsp3) is 0.154. The smallest absolute Gasteiger partial charge is 0.301 e. The van der Waals surface area contributed by atoms with Crippen molar-refractivity contribution in [1.29, 1.82) is 0 Å². The molecule has 5 nitrogen and oxygen atoms in total. The quantitative estimate of drug-likeness (QED) is 0.512. The Hall–Kier alpha value is -1.98. The van der Waals surface area contributed by atoms with E-state index in [2.05, 4.69) is 0 Å². The van der Waals surface area contributed by atoms with Gasteiger partial charge in [0.1, 0.15) is 12.4 Å². The summed E-state index contributed by atoms with van der Waals surface area (Å²) >= 11 is 5.93. The van der Waals surface area contributed by atoms with Gasteiger partial charge in [0.05, 0.1) is 6.26 Å². The summed E-state index contributed by atoms with van der Waals surface area (Å²) in [7, 11) is 0. The molecule has 6 heteroatoms. The highest BCUT2D eigenvalue weighted by Crippen LogP contribution is 2.22. The Labute approximate surface area is 115 Å². The number of rotatable bonds is 4. The van der Waals surface area contributed by atoms with Crippen LogP contribution in [-0.2, 0) is 6.61 Å². The molecule has 0 saturated carbocycles. The molecule has 0 aliphatic heterocycles. The third-order valence-electron chi connectivity index (χ3n) is 2.61.